The number of rotatable bonds is 9. The third kappa shape index (κ3) is 7.72. The topological polar surface area (TPSA) is 58.0 Å². The van der Waals surface area contributed by atoms with Gasteiger partial charge in [0.25, 0.3) is 5.91 Å². The van der Waals surface area contributed by atoms with Crippen molar-refractivity contribution in [1.29, 1.82) is 0 Å². The summed E-state index contributed by atoms with van der Waals surface area (Å²) in [4.78, 5) is 18.1. The van der Waals surface area contributed by atoms with E-state index >= 15 is 0 Å². The van der Waals surface area contributed by atoms with Gasteiger partial charge in [-0.05, 0) is 80.4 Å². The first-order valence-electron chi connectivity index (χ1n) is 16.2. The number of benzene rings is 2. The number of piperidine rings is 1. The van der Waals surface area contributed by atoms with E-state index in [1.165, 1.54) is 55.1 Å². The summed E-state index contributed by atoms with van der Waals surface area (Å²) in [6.45, 7) is 11.4. The minimum absolute atomic E-state index is 0.0175. The summed E-state index contributed by atoms with van der Waals surface area (Å²) < 4.78 is 12.4. The average Bonchev–Trinajstić information content (AvgIpc) is 3.17. The van der Waals surface area contributed by atoms with Crippen molar-refractivity contribution in [2.45, 2.75) is 77.5 Å². The van der Waals surface area contributed by atoms with Gasteiger partial charge in [-0.1, -0.05) is 68.6 Å². The number of likely N-dealkylation sites (tertiary alicyclic amines) is 2. The molecule has 6 rings (SSSR count). The van der Waals surface area contributed by atoms with Crippen LogP contribution in [0, 0.1) is 5.41 Å². The molecule has 3 aromatic rings. The van der Waals surface area contributed by atoms with Gasteiger partial charge in [0.15, 0.2) is 0 Å². The molecule has 2 aromatic carbocycles. The van der Waals surface area contributed by atoms with Crippen LogP contribution in [0.2, 0.25) is 0 Å². The molecule has 1 aromatic heterocycles. The zero-order valence-electron chi connectivity index (χ0n) is 25.7. The van der Waals surface area contributed by atoms with Gasteiger partial charge in [0, 0.05) is 54.1 Å². The number of halogens is 1. The fourth-order valence-electron chi connectivity index (χ4n) is 6.87. The minimum Gasteiger partial charge on any atom is -0.456 e. The van der Waals surface area contributed by atoms with Crippen molar-refractivity contribution in [2.75, 3.05) is 39.3 Å². The first kappa shape index (κ1) is 30.4. The first-order chi connectivity index (χ1) is 20.8. The van der Waals surface area contributed by atoms with Gasteiger partial charge in [-0.3, -0.25) is 9.69 Å². The summed E-state index contributed by atoms with van der Waals surface area (Å²) >= 11 is 6.68. The lowest BCUT2D eigenvalue weighted by Crippen LogP contribution is -2.43. The summed E-state index contributed by atoms with van der Waals surface area (Å²) in [6.07, 6.45) is 11.6. The molecule has 1 unspecified atom stereocenters. The number of nitrogens with zero attached hydrogens (tertiary/aromatic N) is 2. The Balaban J connectivity index is 0.948. The lowest BCUT2D eigenvalue weighted by atomic mass is 9.92. The number of fused-ring (bicyclic) bond motifs is 3. The molecule has 1 N–H and O–H groups in total. The molecule has 3 heterocycles. The van der Waals surface area contributed by atoms with E-state index < -0.39 is 0 Å². The van der Waals surface area contributed by atoms with Gasteiger partial charge < -0.3 is 19.4 Å². The monoisotopic (exact) mass is 603 g/mol. The molecule has 43 heavy (non-hydrogen) atoms. The Labute approximate surface area is 261 Å². The van der Waals surface area contributed by atoms with E-state index in [1.807, 2.05) is 18.2 Å². The maximum Gasteiger partial charge on any atom is 0.251 e. The van der Waals surface area contributed by atoms with Gasteiger partial charge in [0.1, 0.15) is 11.2 Å². The van der Waals surface area contributed by atoms with Gasteiger partial charge >= 0.3 is 0 Å². The highest BCUT2D eigenvalue weighted by molar-refractivity contribution is 6.31. The van der Waals surface area contributed by atoms with E-state index in [1.54, 1.807) is 6.08 Å². The first-order valence-corrected chi connectivity index (χ1v) is 16.6. The lowest BCUT2D eigenvalue weighted by molar-refractivity contribution is -0.117. The summed E-state index contributed by atoms with van der Waals surface area (Å²) in [6, 6.07) is 14.8. The Bertz CT molecular complexity index is 1480. The number of nitrogens with one attached hydrogen (secondary N) is 1. The number of furan rings is 1. The van der Waals surface area contributed by atoms with Crippen molar-refractivity contribution in [1.82, 2.24) is 15.1 Å². The number of hydrogen-bond donors (Lipinski definition) is 1. The summed E-state index contributed by atoms with van der Waals surface area (Å²) in [7, 11) is 0. The molecule has 2 saturated heterocycles. The molecular formula is C36H46ClN3O3. The van der Waals surface area contributed by atoms with Crippen molar-refractivity contribution in [3.63, 3.8) is 0 Å². The molecule has 0 bridgehead atoms. The molecule has 1 atom stereocenters. The van der Waals surface area contributed by atoms with Crippen molar-refractivity contribution in [3.8, 4) is 0 Å². The van der Waals surface area contributed by atoms with Crippen LogP contribution in [0.25, 0.3) is 21.9 Å². The molecule has 6 nitrogen and oxygen atoms in total. The van der Waals surface area contributed by atoms with Crippen LogP contribution in [-0.2, 0) is 16.1 Å². The van der Waals surface area contributed by atoms with E-state index in [-0.39, 0.29) is 23.5 Å². The maximum absolute atomic E-state index is 13.0. The molecule has 7 heteroatoms. The largest absolute Gasteiger partial charge is 0.456 e. The summed E-state index contributed by atoms with van der Waals surface area (Å²) in [5, 5.41) is 6.15. The maximum atomic E-state index is 13.0. The number of hydrogen-bond acceptors (Lipinski definition) is 5. The normalized spacial score (nSPS) is 21.5. The SMILES string of the molecule is CC(C)(CNC(=O)C1=CCC(OC2CCN(Cc3ccc4oc5ccccc5c4c3)CC2)C(Cl)=C1)CN1CCCCCC1. The third-order valence-corrected chi connectivity index (χ3v) is 9.58. The van der Waals surface area contributed by atoms with Crippen molar-refractivity contribution >= 4 is 39.4 Å². The second-order valence-electron chi connectivity index (χ2n) is 13.5. The molecule has 230 valence electrons. The van der Waals surface area contributed by atoms with Gasteiger partial charge in [0.05, 0.1) is 12.2 Å². The predicted octanol–water partition coefficient (Wildman–Crippen LogP) is 7.41. The van der Waals surface area contributed by atoms with Crippen molar-refractivity contribution in [3.05, 3.63) is 70.8 Å². The Kier molecular flexibility index (Phi) is 9.58. The van der Waals surface area contributed by atoms with Crippen LogP contribution in [0.5, 0.6) is 0 Å². The van der Waals surface area contributed by atoms with Gasteiger partial charge in [-0.15, -0.1) is 0 Å². The van der Waals surface area contributed by atoms with Crippen LogP contribution in [-0.4, -0.2) is 67.2 Å². The average molecular weight is 604 g/mol. The zero-order chi connectivity index (χ0) is 29.8. The molecular weight excluding hydrogens is 558 g/mol. The van der Waals surface area contributed by atoms with Gasteiger partial charge in [-0.25, -0.2) is 0 Å². The highest BCUT2D eigenvalue weighted by atomic mass is 35.5. The quantitative estimate of drug-likeness (QED) is 0.276. The zero-order valence-corrected chi connectivity index (χ0v) is 26.5. The Morgan fingerprint density at radius 1 is 0.977 bits per heavy atom. The molecule has 3 aliphatic rings. The van der Waals surface area contributed by atoms with Crippen LogP contribution >= 0.6 is 11.6 Å². The highest BCUT2D eigenvalue weighted by Gasteiger charge is 2.28. The molecule has 2 fully saturated rings. The standard InChI is InChI=1S/C36H46ClN3O3/c1-36(2,25-40-17-7-3-4-8-18-40)24-38-35(41)27-12-14-34(31(37)22-27)42-28-15-19-39(20-16-28)23-26-11-13-33-30(21-26)29-9-5-6-10-32(29)43-33/h5-6,9-13,21-22,28,34H,3-4,7-8,14-20,23-25H2,1-2H3,(H,38,41). The van der Waals surface area contributed by atoms with Crippen LogP contribution in [0.15, 0.2) is 69.6 Å². The Morgan fingerprint density at radius 2 is 1.72 bits per heavy atom. The number of carbonyl (C=O) groups is 1. The number of ether oxygens (including phenoxy) is 1. The van der Waals surface area contributed by atoms with E-state index in [0.717, 1.165) is 50.2 Å². The highest BCUT2D eigenvalue weighted by Crippen LogP contribution is 2.31. The fraction of sp³-hybridized carbons (Fsp3) is 0.528. The van der Waals surface area contributed by atoms with Crippen LogP contribution < -0.4 is 5.32 Å². The lowest BCUT2D eigenvalue weighted by Gasteiger charge is -2.34. The summed E-state index contributed by atoms with van der Waals surface area (Å²) in [5.41, 5.74) is 3.85. The second kappa shape index (κ2) is 13.6. The third-order valence-electron chi connectivity index (χ3n) is 9.23. The molecule has 0 saturated carbocycles. The smallest absolute Gasteiger partial charge is 0.251 e. The van der Waals surface area contributed by atoms with Gasteiger partial charge in [-0.2, -0.15) is 0 Å². The summed E-state index contributed by atoms with van der Waals surface area (Å²) in [5.74, 6) is -0.0459. The minimum atomic E-state index is -0.175. The van der Waals surface area contributed by atoms with Crippen LogP contribution in [0.1, 0.15) is 64.4 Å². The van der Waals surface area contributed by atoms with E-state index in [2.05, 4.69) is 59.3 Å². The molecule has 1 aliphatic carbocycles. The van der Waals surface area contributed by atoms with Gasteiger partial charge in [0.2, 0.25) is 0 Å². The van der Waals surface area contributed by atoms with Crippen LogP contribution in [0.4, 0.5) is 0 Å². The van der Waals surface area contributed by atoms with E-state index in [4.69, 9.17) is 20.8 Å². The molecule has 0 radical (unpaired) electrons. The van der Waals surface area contributed by atoms with Crippen molar-refractivity contribution in [2.24, 2.45) is 5.41 Å². The molecule has 1 amide bonds. The van der Waals surface area contributed by atoms with E-state index in [9.17, 15) is 4.79 Å². The van der Waals surface area contributed by atoms with Crippen LogP contribution in [0.3, 0.4) is 0 Å². The second-order valence-corrected chi connectivity index (χ2v) is 13.9. The number of amides is 1. The molecule has 0 spiro atoms. The Morgan fingerprint density at radius 3 is 2.49 bits per heavy atom. The molecule has 2 aliphatic heterocycles. The predicted molar refractivity (Wildman–Crippen MR) is 175 cm³/mol. The van der Waals surface area contributed by atoms with E-state index in [0.29, 0.717) is 23.6 Å². The number of para-hydroxylation sites is 1. The number of carbonyl (C=O) groups excluding carboxylic acids is 1. The Hall–Kier alpha value is -2.64. The van der Waals surface area contributed by atoms with Crippen molar-refractivity contribution < 1.29 is 13.9 Å². The fourth-order valence-corrected chi connectivity index (χ4v) is 7.13.